The topological polar surface area (TPSA) is 234 Å². The standard InChI is InChI=1S/C22H20BFN5O9P/c24-13-8-10(4-6-15(13)39(35,36)37)18(27-20(30)14-5-7-17(25)29-28-14)21(31)26-16-9-11-2-1-3-12(22(32)33)19(11)38-23(16)34/h1-8,16,18,34H,9H2,(H2,25,29)(H,26,31)(H,27,30)(H,32,33)(H2,35,36,37)/t16-,18+/m0/s1. The second kappa shape index (κ2) is 10.8. The van der Waals surface area contributed by atoms with Gasteiger partial charge in [0.25, 0.3) is 5.91 Å². The number of nitrogens with zero attached hydrogens (tertiary/aromatic N) is 2. The van der Waals surface area contributed by atoms with Crippen molar-refractivity contribution < 1.29 is 47.9 Å². The summed E-state index contributed by atoms with van der Waals surface area (Å²) in [5.41, 5.74) is 5.21. The van der Waals surface area contributed by atoms with Gasteiger partial charge in [-0.2, -0.15) is 0 Å². The average Bonchev–Trinajstić information content (AvgIpc) is 2.86. The number of anilines is 1. The average molecular weight is 559 g/mol. The molecule has 3 aromatic rings. The third-order valence-corrected chi connectivity index (χ3v) is 6.74. The Labute approximate surface area is 219 Å². The number of nitrogens with one attached hydrogen (secondary N) is 2. The van der Waals surface area contributed by atoms with Crippen LogP contribution in [0.2, 0.25) is 0 Å². The summed E-state index contributed by atoms with van der Waals surface area (Å²) in [5.74, 6) is -5.64. The number of benzene rings is 2. The number of aromatic carboxylic acids is 1. The number of carboxylic acids is 1. The maximum Gasteiger partial charge on any atom is 0.547 e. The van der Waals surface area contributed by atoms with Crippen molar-refractivity contribution in [2.45, 2.75) is 18.4 Å². The summed E-state index contributed by atoms with van der Waals surface area (Å²) in [6, 6.07) is 7.65. The molecule has 1 aliphatic rings. The fraction of sp³-hybridized carbons (Fsp3) is 0.136. The Morgan fingerprint density at radius 1 is 1.15 bits per heavy atom. The van der Waals surface area contributed by atoms with E-state index in [1.54, 1.807) is 6.07 Å². The number of hydrogen-bond acceptors (Lipinski definition) is 9. The molecular weight excluding hydrogens is 539 g/mol. The van der Waals surface area contributed by atoms with Crippen LogP contribution in [0.1, 0.15) is 38.0 Å². The number of halogens is 1. The van der Waals surface area contributed by atoms with E-state index in [0.717, 1.165) is 12.1 Å². The number of carbonyl (C=O) groups excluding carboxylic acids is 2. The summed E-state index contributed by atoms with van der Waals surface area (Å²) >= 11 is 0. The van der Waals surface area contributed by atoms with Gasteiger partial charge in [0.15, 0.2) is 5.69 Å². The number of para-hydroxylation sites is 1. The van der Waals surface area contributed by atoms with Gasteiger partial charge in [0, 0.05) is 0 Å². The van der Waals surface area contributed by atoms with Crippen LogP contribution in [0.3, 0.4) is 0 Å². The van der Waals surface area contributed by atoms with Crippen LogP contribution >= 0.6 is 7.60 Å². The summed E-state index contributed by atoms with van der Waals surface area (Å²) in [6.45, 7) is 0. The number of nitrogens with two attached hydrogens (primary N) is 1. The van der Waals surface area contributed by atoms with Gasteiger partial charge in [0.1, 0.15) is 23.4 Å². The molecular formula is C22H20BFN5O9P. The molecule has 1 aromatic heterocycles. The number of fused-ring (bicyclic) bond motifs is 1. The largest absolute Gasteiger partial charge is 0.547 e. The lowest BCUT2D eigenvalue weighted by Gasteiger charge is -2.30. The van der Waals surface area contributed by atoms with E-state index in [2.05, 4.69) is 20.8 Å². The molecule has 39 heavy (non-hydrogen) atoms. The number of aromatic nitrogens is 2. The monoisotopic (exact) mass is 559 g/mol. The maximum absolute atomic E-state index is 14.6. The Morgan fingerprint density at radius 3 is 2.51 bits per heavy atom. The number of amides is 2. The van der Waals surface area contributed by atoms with Crippen LogP contribution < -0.4 is 26.3 Å². The first kappa shape index (κ1) is 27.7. The van der Waals surface area contributed by atoms with E-state index in [4.69, 9.17) is 10.4 Å². The molecule has 2 amide bonds. The van der Waals surface area contributed by atoms with Crippen LogP contribution in [0.4, 0.5) is 10.2 Å². The molecule has 0 aliphatic carbocycles. The second-order valence-corrected chi connectivity index (χ2v) is 10.0. The predicted molar refractivity (Wildman–Crippen MR) is 132 cm³/mol. The predicted octanol–water partition coefficient (Wildman–Crippen LogP) is -0.690. The van der Waals surface area contributed by atoms with Crippen LogP contribution in [0, 0.1) is 5.82 Å². The first-order chi connectivity index (χ1) is 18.3. The molecule has 0 fully saturated rings. The number of rotatable bonds is 7. The van der Waals surface area contributed by atoms with Crippen molar-refractivity contribution in [2.24, 2.45) is 0 Å². The minimum atomic E-state index is -4.97. The molecule has 2 heterocycles. The van der Waals surface area contributed by atoms with Crippen molar-refractivity contribution in [3.05, 3.63) is 76.7 Å². The highest BCUT2D eigenvalue weighted by Gasteiger charge is 2.39. The van der Waals surface area contributed by atoms with Crippen molar-refractivity contribution in [3.8, 4) is 5.75 Å². The SMILES string of the molecule is Nc1ccc(C(=O)N[C@@H](C(=O)N[C@H]2Cc3cccc(C(=O)O)c3OB2O)c2ccc(P(=O)(O)O)c(F)c2)nn1. The van der Waals surface area contributed by atoms with E-state index in [0.29, 0.717) is 11.6 Å². The van der Waals surface area contributed by atoms with Gasteiger partial charge in [0.2, 0.25) is 5.91 Å². The lowest BCUT2D eigenvalue weighted by atomic mass is 9.72. The van der Waals surface area contributed by atoms with Crippen molar-refractivity contribution in [3.63, 3.8) is 0 Å². The molecule has 14 nitrogen and oxygen atoms in total. The van der Waals surface area contributed by atoms with Gasteiger partial charge in [0.05, 0.1) is 16.8 Å². The van der Waals surface area contributed by atoms with Crippen LogP contribution in [0.5, 0.6) is 5.75 Å². The van der Waals surface area contributed by atoms with Crippen LogP contribution in [-0.4, -0.2) is 61.0 Å². The van der Waals surface area contributed by atoms with Crippen LogP contribution in [0.15, 0.2) is 48.5 Å². The highest BCUT2D eigenvalue weighted by atomic mass is 31.2. The summed E-state index contributed by atoms with van der Waals surface area (Å²) in [5, 5.41) is 30.9. The summed E-state index contributed by atoms with van der Waals surface area (Å²) in [7, 11) is -6.66. The minimum absolute atomic E-state index is 0.0218. The zero-order chi connectivity index (χ0) is 28.5. The Hall–Kier alpha value is -4.37. The quantitative estimate of drug-likeness (QED) is 0.141. The van der Waals surface area contributed by atoms with E-state index in [-0.39, 0.29) is 34.8 Å². The molecule has 1 aliphatic heterocycles. The molecule has 17 heteroatoms. The fourth-order valence-electron chi connectivity index (χ4n) is 3.89. The minimum Gasteiger partial charge on any atom is -0.534 e. The smallest absolute Gasteiger partial charge is 0.534 e. The van der Waals surface area contributed by atoms with Gasteiger partial charge >= 0.3 is 20.7 Å². The van der Waals surface area contributed by atoms with Crippen LogP contribution in [-0.2, 0) is 15.8 Å². The molecule has 0 radical (unpaired) electrons. The van der Waals surface area contributed by atoms with Gasteiger partial charge < -0.3 is 40.9 Å². The van der Waals surface area contributed by atoms with E-state index < -0.39 is 55.6 Å². The zero-order valence-corrected chi connectivity index (χ0v) is 20.6. The van der Waals surface area contributed by atoms with E-state index in [9.17, 15) is 43.3 Å². The Morgan fingerprint density at radius 2 is 1.90 bits per heavy atom. The third kappa shape index (κ3) is 6.04. The van der Waals surface area contributed by atoms with Gasteiger partial charge in [-0.3, -0.25) is 14.2 Å². The van der Waals surface area contributed by atoms with E-state index in [1.165, 1.54) is 24.3 Å². The number of carbonyl (C=O) groups is 3. The van der Waals surface area contributed by atoms with Crippen molar-refractivity contribution in [1.29, 1.82) is 0 Å². The number of nitrogen functional groups attached to an aromatic ring is 1. The molecule has 202 valence electrons. The van der Waals surface area contributed by atoms with Gasteiger partial charge in [-0.1, -0.05) is 18.2 Å². The normalized spacial score (nSPS) is 15.5. The van der Waals surface area contributed by atoms with Crippen molar-refractivity contribution >= 4 is 43.6 Å². The molecule has 2 aromatic carbocycles. The highest BCUT2D eigenvalue weighted by molar-refractivity contribution is 7.60. The second-order valence-electron chi connectivity index (χ2n) is 8.43. The van der Waals surface area contributed by atoms with Gasteiger partial charge in [-0.25, -0.2) is 9.18 Å². The Balaban J connectivity index is 1.64. The first-order valence-corrected chi connectivity index (χ1v) is 12.7. The summed E-state index contributed by atoms with van der Waals surface area (Å²) in [6.07, 6.45) is -0.0566. The number of hydrogen-bond donors (Lipinski definition) is 7. The van der Waals surface area contributed by atoms with Crippen LogP contribution in [0.25, 0.3) is 0 Å². The van der Waals surface area contributed by atoms with Gasteiger partial charge in [-0.15, -0.1) is 10.2 Å². The summed E-state index contributed by atoms with van der Waals surface area (Å²) in [4.78, 5) is 56.2. The van der Waals surface area contributed by atoms with Crippen molar-refractivity contribution in [2.75, 3.05) is 5.73 Å². The molecule has 0 saturated carbocycles. The lowest BCUT2D eigenvalue weighted by molar-refractivity contribution is -0.123. The Kier molecular flexibility index (Phi) is 7.65. The molecule has 8 N–H and O–H groups in total. The zero-order valence-electron chi connectivity index (χ0n) is 19.7. The first-order valence-electron chi connectivity index (χ1n) is 11.1. The lowest BCUT2D eigenvalue weighted by Crippen LogP contribution is -2.55. The third-order valence-electron chi connectivity index (χ3n) is 5.75. The highest BCUT2D eigenvalue weighted by Crippen LogP contribution is 2.35. The molecule has 0 unspecified atom stereocenters. The van der Waals surface area contributed by atoms with Crippen molar-refractivity contribution in [1.82, 2.24) is 20.8 Å². The molecule has 0 bridgehead atoms. The molecule has 0 spiro atoms. The Bertz CT molecular complexity index is 1500. The maximum atomic E-state index is 14.6. The summed E-state index contributed by atoms with van der Waals surface area (Å²) < 4.78 is 31.5. The number of carboxylic acid groups (broad SMARTS) is 1. The molecule has 0 saturated heterocycles. The molecule has 2 atom stereocenters. The fourth-order valence-corrected chi connectivity index (χ4v) is 4.50. The van der Waals surface area contributed by atoms with E-state index in [1.807, 2.05) is 0 Å². The van der Waals surface area contributed by atoms with E-state index >= 15 is 0 Å². The molecule has 4 rings (SSSR count). The van der Waals surface area contributed by atoms with Gasteiger partial charge in [-0.05, 0) is 47.9 Å².